The van der Waals surface area contributed by atoms with Crippen LogP contribution in [0.5, 0.6) is 5.75 Å². The predicted octanol–water partition coefficient (Wildman–Crippen LogP) is 3.35. The summed E-state index contributed by atoms with van der Waals surface area (Å²) in [5, 5.41) is 2.82. The van der Waals surface area contributed by atoms with Crippen LogP contribution in [0, 0.1) is 5.82 Å². The van der Waals surface area contributed by atoms with Crippen molar-refractivity contribution in [2.75, 3.05) is 7.11 Å². The van der Waals surface area contributed by atoms with Crippen LogP contribution in [0.4, 0.5) is 4.39 Å². The van der Waals surface area contributed by atoms with Gasteiger partial charge >= 0.3 is 0 Å². The van der Waals surface area contributed by atoms with Crippen LogP contribution in [0.3, 0.4) is 0 Å². The summed E-state index contributed by atoms with van der Waals surface area (Å²) < 4.78 is 18.2. The topological polar surface area (TPSA) is 38.3 Å². The number of hydrogen-bond acceptors (Lipinski definition) is 2. The second-order valence-electron chi connectivity index (χ2n) is 4.51. The highest BCUT2D eigenvalue weighted by Gasteiger charge is 2.08. The molecule has 110 valence electrons. The van der Waals surface area contributed by atoms with Gasteiger partial charge in [-0.05, 0) is 23.8 Å². The second-order valence-corrected chi connectivity index (χ2v) is 4.92. The largest absolute Gasteiger partial charge is 0.496 e. The lowest BCUT2D eigenvalue weighted by atomic mass is 10.1. The summed E-state index contributed by atoms with van der Waals surface area (Å²) in [6.45, 7) is 0.300. The van der Waals surface area contributed by atoms with Crippen LogP contribution in [0.2, 0.25) is 5.02 Å². The minimum absolute atomic E-state index is 0.0477. The molecule has 1 N–H and O–H groups in total. The molecule has 3 nitrogen and oxygen atoms in total. The zero-order valence-electron chi connectivity index (χ0n) is 11.5. The minimum Gasteiger partial charge on any atom is -0.496 e. The summed E-state index contributed by atoms with van der Waals surface area (Å²) in [4.78, 5) is 11.9. The number of benzene rings is 2. The van der Waals surface area contributed by atoms with E-state index < -0.39 is 5.82 Å². The van der Waals surface area contributed by atoms with Gasteiger partial charge in [-0.1, -0.05) is 35.9 Å². The zero-order valence-corrected chi connectivity index (χ0v) is 12.3. The number of methoxy groups -OCH3 is 1. The average molecular weight is 308 g/mol. The fourth-order valence-corrected chi connectivity index (χ4v) is 2.14. The molecule has 0 radical (unpaired) electrons. The molecule has 0 saturated heterocycles. The highest BCUT2D eigenvalue weighted by molar-refractivity contribution is 6.30. The number of rotatable bonds is 5. The van der Waals surface area contributed by atoms with E-state index in [-0.39, 0.29) is 17.4 Å². The first-order chi connectivity index (χ1) is 10.1. The smallest absolute Gasteiger partial charge is 0.224 e. The standard InChI is InChI=1S/C16H15ClFNO2/c1-21-15-5-3-2-4-12(15)9-16(20)19-10-11-6-7-14(18)13(17)8-11/h2-8H,9-10H2,1H3,(H,19,20). The van der Waals surface area contributed by atoms with E-state index in [4.69, 9.17) is 16.3 Å². The lowest BCUT2D eigenvalue weighted by Crippen LogP contribution is -2.24. The van der Waals surface area contributed by atoms with Crippen LogP contribution >= 0.6 is 11.6 Å². The molecule has 21 heavy (non-hydrogen) atoms. The fourth-order valence-electron chi connectivity index (χ4n) is 1.93. The Morgan fingerprint density at radius 3 is 2.76 bits per heavy atom. The van der Waals surface area contributed by atoms with Crippen LogP contribution in [0.15, 0.2) is 42.5 Å². The number of amides is 1. The third-order valence-corrected chi connectivity index (χ3v) is 3.31. The Morgan fingerprint density at radius 2 is 2.05 bits per heavy atom. The molecule has 0 aliphatic rings. The molecule has 0 aliphatic heterocycles. The molecule has 0 saturated carbocycles. The number of carbonyl (C=O) groups excluding carboxylic acids is 1. The molecule has 1 amide bonds. The maximum Gasteiger partial charge on any atom is 0.224 e. The Balaban J connectivity index is 1.94. The van der Waals surface area contributed by atoms with Crippen molar-refractivity contribution in [2.45, 2.75) is 13.0 Å². The van der Waals surface area contributed by atoms with Crippen LogP contribution in [-0.4, -0.2) is 13.0 Å². The summed E-state index contributed by atoms with van der Waals surface area (Å²) in [5.41, 5.74) is 1.56. The van der Waals surface area contributed by atoms with Crippen molar-refractivity contribution in [3.8, 4) is 5.75 Å². The van der Waals surface area contributed by atoms with Gasteiger partial charge in [-0.25, -0.2) is 4.39 Å². The Hall–Kier alpha value is -2.07. The number of nitrogens with one attached hydrogen (secondary N) is 1. The number of carbonyl (C=O) groups is 1. The maximum absolute atomic E-state index is 13.0. The summed E-state index contributed by atoms with van der Waals surface area (Å²) in [5.74, 6) is 0.0678. The van der Waals surface area contributed by atoms with E-state index in [9.17, 15) is 9.18 Å². The number of para-hydroxylation sites is 1. The van der Waals surface area contributed by atoms with Gasteiger partial charge in [0.15, 0.2) is 0 Å². The maximum atomic E-state index is 13.0. The van der Waals surface area contributed by atoms with E-state index in [0.29, 0.717) is 12.3 Å². The van der Waals surface area contributed by atoms with Crippen molar-refractivity contribution in [2.24, 2.45) is 0 Å². The number of hydrogen-bond donors (Lipinski definition) is 1. The van der Waals surface area contributed by atoms with Crippen molar-refractivity contribution < 1.29 is 13.9 Å². The van der Waals surface area contributed by atoms with Crippen LogP contribution in [0.25, 0.3) is 0 Å². The molecule has 0 aliphatic carbocycles. The summed E-state index contributed by atoms with van der Waals surface area (Å²) in [6, 6.07) is 11.7. The van der Waals surface area contributed by atoms with Crippen molar-refractivity contribution in [3.05, 3.63) is 64.4 Å². The van der Waals surface area contributed by atoms with Crippen LogP contribution < -0.4 is 10.1 Å². The molecule has 0 bridgehead atoms. The lowest BCUT2D eigenvalue weighted by Gasteiger charge is -2.09. The third-order valence-electron chi connectivity index (χ3n) is 3.02. The first-order valence-electron chi connectivity index (χ1n) is 6.42. The van der Waals surface area contributed by atoms with Gasteiger partial charge in [0.1, 0.15) is 11.6 Å². The van der Waals surface area contributed by atoms with Gasteiger partial charge in [0.05, 0.1) is 18.6 Å². The molecule has 0 heterocycles. The fraction of sp³-hybridized carbons (Fsp3) is 0.188. The van der Waals surface area contributed by atoms with Gasteiger partial charge in [-0.2, -0.15) is 0 Å². The van der Waals surface area contributed by atoms with E-state index in [1.54, 1.807) is 13.2 Å². The highest BCUT2D eigenvalue weighted by Crippen LogP contribution is 2.18. The Bertz CT molecular complexity index is 646. The molecule has 0 fully saturated rings. The predicted molar refractivity (Wildman–Crippen MR) is 80.0 cm³/mol. The van der Waals surface area contributed by atoms with Gasteiger partial charge in [0.25, 0.3) is 0 Å². The molecular formula is C16H15ClFNO2. The monoisotopic (exact) mass is 307 g/mol. The summed E-state index contributed by atoms with van der Waals surface area (Å²) in [6.07, 6.45) is 0.221. The Kier molecular flexibility index (Phi) is 5.17. The first kappa shape index (κ1) is 15.3. The quantitative estimate of drug-likeness (QED) is 0.920. The first-order valence-corrected chi connectivity index (χ1v) is 6.80. The Morgan fingerprint density at radius 1 is 1.29 bits per heavy atom. The highest BCUT2D eigenvalue weighted by atomic mass is 35.5. The molecule has 0 spiro atoms. The number of halogens is 2. The van der Waals surface area contributed by atoms with Gasteiger partial charge < -0.3 is 10.1 Å². The van der Waals surface area contributed by atoms with Gasteiger partial charge in [0.2, 0.25) is 5.91 Å². The molecular weight excluding hydrogens is 293 g/mol. The lowest BCUT2D eigenvalue weighted by molar-refractivity contribution is -0.120. The van der Waals surface area contributed by atoms with Crippen molar-refractivity contribution in [1.29, 1.82) is 0 Å². The number of ether oxygens (including phenoxy) is 1. The van der Waals surface area contributed by atoms with Gasteiger partial charge in [-0.3, -0.25) is 4.79 Å². The SMILES string of the molecule is COc1ccccc1CC(=O)NCc1ccc(F)c(Cl)c1. The molecule has 0 unspecified atom stereocenters. The van der Waals surface area contributed by atoms with Crippen LogP contribution in [0.1, 0.15) is 11.1 Å². The van der Waals surface area contributed by atoms with Crippen LogP contribution in [-0.2, 0) is 17.8 Å². The van der Waals surface area contributed by atoms with Crippen molar-refractivity contribution >= 4 is 17.5 Å². The molecule has 5 heteroatoms. The van der Waals surface area contributed by atoms with E-state index >= 15 is 0 Å². The zero-order chi connectivity index (χ0) is 15.2. The molecule has 0 atom stereocenters. The average Bonchev–Trinajstić information content (AvgIpc) is 2.49. The summed E-state index contributed by atoms with van der Waals surface area (Å²) in [7, 11) is 1.57. The van der Waals surface area contributed by atoms with Crippen molar-refractivity contribution in [1.82, 2.24) is 5.32 Å². The van der Waals surface area contributed by atoms with E-state index in [0.717, 1.165) is 11.1 Å². The van der Waals surface area contributed by atoms with Crippen molar-refractivity contribution in [3.63, 3.8) is 0 Å². The van der Waals surface area contributed by atoms with E-state index in [1.165, 1.54) is 12.1 Å². The normalized spacial score (nSPS) is 10.2. The van der Waals surface area contributed by atoms with E-state index in [2.05, 4.69) is 5.32 Å². The van der Waals surface area contributed by atoms with Gasteiger partial charge in [-0.15, -0.1) is 0 Å². The van der Waals surface area contributed by atoms with Gasteiger partial charge in [0, 0.05) is 12.1 Å². The molecule has 2 aromatic rings. The third kappa shape index (κ3) is 4.20. The van der Waals surface area contributed by atoms with E-state index in [1.807, 2.05) is 24.3 Å². The molecule has 2 aromatic carbocycles. The minimum atomic E-state index is -0.472. The molecule has 2 rings (SSSR count). The summed E-state index contributed by atoms with van der Waals surface area (Å²) >= 11 is 5.69. The molecule has 0 aromatic heterocycles. The Labute approximate surface area is 127 Å². The second kappa shape index (κ2) is 7.09.